The van der Waals surface area contributed by atoms with E-state index in [9.17, 15) is 0 Å². The van der Waals surface area contributed by atoms with Gasteiger partial charge in [-0.3, -0.25) is 9.67 Å². The van der Waals surface area contributed by atoms with Gasteiger partial charge in [-0.1, -0.05) is 5.16 Å². The third-order valence-corrected chi connectivity index (χ3v) is 2.82. The molecule has 0 aliphatic carbocycles. The van der Waals surface area contributed by atoms with Gasteiger partial charge in [-0.05, 0) is 22.0 Å². The molecule has 7 nitrogen and oxygen atoms in total. The first-order chi connectivity index (χ1) is 9.20. The zero-order valence-corrected chi connectivity index (χ0v) is 11.3. The summed E-state index contributed by atoms with van der Waals surface area (Å²) in [5.41, 5.74) is 6.96. The van der Waals surface area contributed by atoms with E-state index in [1.165, 1.54) is 0 Å². The van der Waals surface area contributed by atoms with Gasteiger partial charge in [-0.2, -0.15) is 10.1 Å². The topological polar surface area (TPSA) is 95.7 Å². The highest BCUT2D eigenvalue weighted by Gasteiger charge is 2.10. The Balaban J connectivity index is 1.83. The molecule has 0 bridgehead atoms. The lowest BCUT2D eigenvalue weighted by Gasteiger charge is -1.94. The fraction of sp³-hybridized carbons (Fsp3) is 0.0909. The van der Waals surface area contributed by atoms with Crippen molar-refractivity contribution in [2.75, 3.05) is 5.73 Å². The number of halogens is 1. The third kappa shape index (κ3) is 2.63. The van der Waals surface area contributed by atoms with Crippen LogP contribution in [0.3, 0.4) is 0 Å². The van der Waals surface area contributed by atoms with E-state index in [0.717, 1.165) is 10.0 Å². The first kappa shape index (κ1) is 11.8. The van der Waals surface area contributed by atoms with Gasteiger partial charge in [0.15, 0.2) is 0 Å². The number of hydrogen-bond acceptors (Lipinski definition) is 6. The van der Waals surface area contributed by atoms with Crippen LogP contribution in [0, 0.1) is 0 Å². The van der Waals surface area contributed by atoms with Gasteiger partial charge in [-0.25, -0.2) is 0 Å². The Morgan fingerprint density at radius 3 is 2.95 bits per heavy atom. The molecule has 0 saturated heterocycles. The third-order valence-electron chi connectivity index (χ3n) is 2.38. The molecule has 0 fully saturated rings. The summed E-state index contributed by atoms with van der Waals surface area (Å²) in [6, 6.07) is 1.87. The van der Waals surface area contributed by atoms with Crippen molar-refractivity contribution in [1.29, 1.82) is 0 Å². The monoisotopic (exact) mass is 320 g/mol. The molecule has 3 aromatic rings. The van der Waals surface area contributed by atoms with Gasteiger partial charge in [0, 0.05) is 28.6 Å². The normalized spacial score (nSPS) is 10.8. The van der Waals surface area contributed by atoms with E-state index in [1.807, 2.05) is 6.07 Å². The number of hydrogen-bond donors (Lipinski definition) is 1. The number of anilines is 1. The lowest BCUT2D eigenvalue weighted by Crippen LogP contribution is -2.00. The minimum absolute atomic E-state index is 0.381. The Morgan fingerprint density at radius 1 is 1.32 bits per heavy atom. The van der Waals surface area contributed by atoms with Crippen LogP contribution in [0.1, 0.15) is 5.89 Å². The summed E-state index contributed by atoms with van der Waals surface area (Å²) in [5, 5.41) is 7.96. The molecule has 19 heavy (non-hydrogen) atoms. The number of pyridine rings is 1. The van der Waals surface area contributed by atoms with Crippen LogP contribution in [0.15, 0.2) is 39.8 Å². The quantitative estimate of drug-likeness (QED) is 0.789. The summed E-state index contributed by atoms with van der Waals surface area (Å²) in [6.07, 6.45) is 6.63. The molecule has 3 aromatic heterocycles. The maximum Gasteiger partial charge on any atom is 0.248 e. The smallest absolute Gasteiger partial charge is 0.248 e. The van der Waals surface area contributed by atoms with Gasteiger partial charge in [0.25, 0.3) is 0 Å². The molecule has 3 heterocycles. The second-order valence-electron chi connectivity index (χ2n) is 3.87. The van der Waals surface area contributed by atoms with Crippen LogP contribution >= 0.6 is 15.9 Å². The standard InChI is InChI=1S/C11H9BrN6O/c12-8-1-7(2-14-3-8)11-16-10(19-17-11)6-18-5-9(13)4-15-18/h1-5H,6,13H2. The molecule has 0 aromatic carbocycles. The lowest BCUT2D eigenvalue weighted by molar-refractivity contribution is 0.366. The zero-order chi connectivity index (χ0) is 13.2. The molecule has 0 radical (unpaired) electrons. The van der Waals surface area contributed by atoms with E-state index in [4.69, 9.17) is 10.3 Å². The van der Waals surface area contributed by atoms with E-state index in [2.05, 4.69) is 36.2 Å². The number of aromatic nitrogens is 5. The summed E-state index contributed by atoms with van der Waals surface area (Å²) in [6.45, 7) is 0.381. The second kappa shape index (κ2) is 4.81. The highest BCUT2D eigenvalue weighted by atomic mass is 79.9. The van der Waals surface area contributed by atoms with Crippen LogP contribution < -0.4 is 5.73 Å². The van der Waals surface area contributed by atoms with Gasteiger partial charge in [0.2, 0.25) is 11.7 Å². The summed E-state index contributed by atoms with van der Waals surface area (Å²) >= 11 is 3.35. The van der Waals surface area contributed by atoms with Crippen molar-refractivity contribution in [3.8, 4) is 11.4 Å². The van der Waals surface area contributed by atoms with Crippen molar-refractivity contribution in [2.45, 2.75) is 6.54 Å². The van der Waals surface area contributed by atoms with Crippen molar-refractivity contribution in [3.63, 3.8) is 0 Å². The molecule has 2 N–H and O–H groups in total. The highest BCUT2D eigenvalue weighted by Crippen LogP contribution is 2.19. The maximum atomic E-state index is 5.58. The highest BCUT2D eigenvalue weighted by molar-refractivity contribution is 9.10. The van der Waals surface area contributed by atoms with Gasteiger partial charge >= 0.3 is 0 Å². The van der Waals surface area contributed by atoms with E-state index in [1.54, 1.807) is 29.5 Å². The minimum Gasteiger partial charge on any atom is -0.396 e. The molecule has 96 valence electrons. The largest absolute Gasteiger partial charge is 0.396 e. The average molecular weight is 321 g/mol. The van der Waals surface area contributed by atoms with Crippen LogP contribution in [0.5, 0.6) is 0 Å². The summed E-state index contributed by atoms with van der Waals surface area (Å²) in [4.78, 5) is 8.34. The number of nitrogens with two attached hydrogens (primary N) is 1. The molecule has 0 atom stereocenters. The molecule has 3 rings (SSSR count). The van der Waals surface area contributed by atoms with Crippen molar-refractivity contribution in [1.82, 2.24) is 24.9 Å². The molecule has 0 amide bonds. The number of nitrogen functional groups attached to an aromatic ring is 1. The maximum absolute atomic E-state index is 5.58. The predicted molar refractivity (Wildman–Crippen MR) is 71.0 cm³/mol. The SMILES string of the molecule is Nc1cnn(Cc2nc(-c3cncc(Br)c3)no2)c1. The Hall–Kier alpha value is -2.22. The zero-order valence-electron chi connectivity index (χ0n) is 9.69. The Labute approximate surface area is 116 Å². The first-order valence-electron chi connectivity index (χ1n) is 5.42. The van der Waals surface area contributed by atoms with Crippen molar-refractivity contribution < 1.29 is 4.52 Å². The Bertz CT molecular complexity index is 707. The fourth-order valence-electron chi connectivity index (χ4n) is 1.58. The van der Waals surface area contributed by atoms with Crippen LogP contribution in [-0.4, -0.2) is 24.9 Å². The summed E-state index contributed by atoms with van der Waals surface area (Å²) in [5.74, 6) is 0.946. The predicted octanol–water partition coefficient (Wildman–Crippen LogP) is 1.72. The first-order valence-corrected chi connectivity index (χ1v) is 6.21. The van der Waals surface area contributed by atoms with Gasteiger partial charge in [0.1, 0.15) is 6.54 Å². The summed E-state index contributed by atoms with van der Waals surface area (Å²) < 4.78 is 7.65. The fourth-order valence-corrected chi connectivity index (χ4v) is 1.94. The van der Waals surface area contributed by atoms with Crippen molar-refractivity contribution in [2.24, 2.45) is 0 Å². The molecular weight excluding hydrogens is 312 g/mol. The van der Waals surface area contributed by atoms with E-state index in [0.29, 0.717) is 23.9 Å². The van der Waals surface area contributed by atoms with Gasteiger partial charge in [0.05, 0.1) is 11.9 Å². The molecular formula is C11H9BrN6O. The molecule has 0 unspecified atom stereocenters. The molecule has 0 aliphatic heterocycles. The molecule has 0 saturated carbocycles. The van der Waals surface area contributed by atoms with E-state index in [-0.39, 0.29) is 0 Å². The number of rotatable bonds is 3. The second-order valence-corrected chi connectivity index (χ2v) is 4.79. The Kier molecular flexibility index (Phi) is 3.00. The van der Waals surface area contributed by atoms with E-state index >= 15 is 0 Å². The molecule has 8 heteroatoms. The lowest BCUT2D eigenvalue weighted by atomic mass is 10.3. The van der Waals surface area contributed by atoms with Gasteiger partial charge < -0.3 is 10.3 Å². The summed E-state index contributed by atoms with van der Waals surface area (Å²) in [7, 11) is 0. The molecule has 0 spiro atoms. The van der Waals surface area contributed by atoms with Crippen molar-refractivity contribution in [3.05, 3.63) is 41.2 Å². The van der Waals surface area contributed by atoms with Crippen LogP contribution in [0.25, 0.3) is 11.4 Å². The molecule has 0 aliphatic rings. The minimum atomic E-state index is 0.381. The average Bonchev–Trinajstić information content (AvgIpc) is 2.99. The van der Waals surface area contributed by atoms with Gasteiger partial charge in [-0.15, -0.1) is 0 Å². The van der Waals surface area contributed by atoms with Crippen LogP contribution in [-0.2, 0) is 6.54 Å². The number of nitrogens with zero attached hydrogens (tertiary/aromatic N) is 5. The van der Waals surface area contributed by atoms with Crippen LogP contribution in [0.2, 0.25) is 0 Å². The van der Waals surface area contributed by atoms with Crippen LogP contribution in [0.4, 0.5) is 5.69 Å². The van der Waals surface area contributed by atoms with E-state index < -0.39 is 0 Å². The Morgan fingerprint density at radius 2 is 2.21 bits per heavy atom. The van der Waals surface area contributed by atoms with Crippen molar-refractivity contribution >= 4 is 21.6 Å².